The monoisotopic (exact) mass is 421 g/mol. The molecule has 1 aliphatic rings. The molecular weight excluding hydrogens is 408 g/mol. The molecule has 0 bridgehead atoms. The Kier molecular flexibility index (Phi) is 4.29. The topological polar surface area (TPSA) is 71.1 Å². The van der Waals surface area contributed by atoms with Crippen molar-refractivity contribution in [1.82, 2.24) is 10.3 Å². The summed E-state index contributed by atoms with van der Waals surface area (Å²) in [7, 11) is 0. The Labute approximate surface area is 173 Å². The Morgan fingerprint density at radius 2 is 1.93 bits per heavy atom. The molecule has 0 saturated carbocycles. The Bertz CT molecular complexity index is 1340. The number of thiophene rings is 1. The van der Waals surface area contributed by atoms with E-state index in [0.29, 0.717) is 16.8 Å². The molecule has 8 heteroatoms. The first kappa shape index (κ1) is 18.4. The van der Waals surface area contributed by atoms with Gasteiger partial charge in [-0.05, 0) is 18.2 Å². The summed E-state index contributed by atoms with van der Waals surface area (Å²) in [6.07, 6.45) is 1.39. The van der Waals surface area contributed by atoms with Crippen LogP contribution in [0.3, 0.4) is 0 Å². The zero-order valence-electron chi connectivity index (χ0n) is 15.3. The van der Waals surface area contributed by atoms with Crippen molar-refractivity contribution in [1.29, 1.82) is 0 Å². The largest absolute Gasteiger partial charge is 0.339 e. The molecule has 0 aliphatic carbocycles. The van der Waals surface area contributed by atoms with Crippen LogP contribution >= 0.6 is 11.3 Å². The van der Waals surface area contributed by atoms with Crippen LogP contribution in [0.2, 0.25) is 0 Å². The molecule has 2 aromatic carbocycles. The van der Waals surface area contributed by atoms with Crippen molar-refractivity contribution in [2.24, 2.45) is 0 Å². The van der Waals surface area contributed by atoms with E-state index in [2.05, 4.69) is 15.6 Å². The zero-order valence-corrected chi connectivity index (χ0v) is 16.1. The first-order valence-corrected chi connectivity index (χ1v) is 9.94. The standard InChI is InChI=1S/C22H13F2N3O2S/c23-14-6-3-5-12(18(14)24)19-17-15(8-9-25-20(17)22(29)27-19)26-21(28)13-10-30-16-7-2-1-4-11(13)16/h1-10,19H,(H,27,29)(H,25,26,28)/t19-/m0/s1. The second kappa shape index (κ2) is 7.00. The molecule has 3 heterocycles. The van der Waals surface area contributed by atoms with Gasteiger partial charge in [0.15, 0.2) is 11.6 Å². The van der Waals surface area contributed by atoms with E-state index in [1.165, 1.54) is 35.7 Å². The minimum Gasteiger partial charge on any atom is -0.339 e. The second-order valence-corrected chi connectivity index (χ2v) is 7.68. The maximum absolute atomic E-state index is 14.4. The van der Waals surface area contributed by atoms with Gasteiger partial charge in [-0.2, -0.15) is 0 Å². The normalized spacial score (nSPS) is 15.1. The molecule has 0 saturated heterocycles. The van der Waals surface area contributed by atoms with Crippen molar-refractivity contribution in [3.63, 3.8) is 0 Å². The fourth-order valence-electron chi connectivity index (χ4n) is 3.65. The predicted molar refractivity (Wildman–Crippen MR) is 110 cm³/mol. The van der Waals surface area contributed by atoms with Crippen LogP contribution in [0.15, 0.2) is 60.1 Å². The van der Waals surface area contributed by atoms with Crippen LogP contribution < -0.4 is 10.6 Å². The van der Waals surface area contributed by atoms with Gasteiger partial charge in [-0.1, -0.05) is 30.3 Å². The molecule has 1 aliphatic heterocycles. The summed E-state index contributed by atoms with van der Waals surface area (Å²) in [4.78, 5) is 29.4. The van der Waals surface area contributed by atoms with E-state index in [9.17, 15) is 18.4 Å². The molecule has 148 valence electrons. The van der Waals surface area contributed by atoms with Crippen LogP contribution in [0, 0.1) is 11.6 Å². The highest BCUT2D eigenvalue weighted by atomic mass is 32.1. The van der Waals surface area contributed by atoms with Crippen molar-refractivity contribution in [2.45, 2.75) is 6.04 Å². The van der Waals surface area contributed by atoms with Crippen LogP contribution in [0.4, 0.5) is 14.5 Å². The molecule has 1 atom stereocenters. The third-order valence-electron chi connectivity index (χ3n) is 5.04. The van der Waals surface area contributed by atoms with E-state index < -0.39 is 23.6 Å². The zero-order chi connectivity index (χ0) is 20.8. The molecule has 5 nitrogen and oxygen atoms in total. The Hall–Kier alpha value is -3.65. The van der Waals surface area contributed by atoms with Gasteiger partial charge in [0.1, 0.15) is 5.69 Å². The van der Waals surface area contributed by atoms with Crippen molar-refractivity contribution >= 4 is 38.9 Å². The summed E-state index contributed by atoms with van der Waals surface area (Å²) >= 11 is 1.45. The lowest BCUT2D eigenvalue weighted by molar-refractivity contribution is 0.0955. The summed E-state index contributed by atoms with van der Waals surface area (Å²) < 4.78 is 29.2. The molecule has 2 N–H and O–H groups in total. The number of hydrogen-bond donors (Lipinski definition) is 2. The van der Waals surface area contributed by atoms with E-state index in [1.54, 1.807) is 5.38 Å². The maximum Gasteiger partial charge on any atom is 0.271 e. The number of aromatic nitrogens is 1. The smallest absolute Gasteiger partial charge is 0.271 e. The number of anilines is 1. The van der Waals surface area contributed by atoms with Gasteiger partial charge in [-0.25, -0.2) is 8.78 Å². The molecular formula is C22H13F2N3O2S. The number of hydrogen-bond acceptors (Lipinski definition) is 4. The van der Waals surface area contributed by atoms with Gasteiger partial charge < -0.3 is 10.6 Å². The molecule has 0 spiro atoms. The van der Waals surface area contributed by atoms with Crippen molar-refractivity contribution < 1.29 is 18.4 Å². The highest BCUT2D eigenvalue weighted by Crippen LogP contribution is 2.37. The van der Waals surface area contributed by atoms with E-state index in [4.69, 9.17) is 0 Å². The molecule has 30 heavy (non-hydrogen) atoms. The number of nitrogens with zero attached hydrogens (tertiary/aromatic N) is 1. The molecule has 4 aromatic rings. The Morgan fingerprint density at radius 1 is 1.10 bits per heavy atom. The number of halogens is 2. The summed E-state index contributed by atoms with van der Waals surface area (Å²) in [5.41, 5.74) is 1.14. The molecule has 2 amide bonds. The molecule has 0 fully saturated rings. The van der Waals surface area contributed by atoms with Crippen LogP contribution in [0.5, 0.6) is 0 Å². The quantitative estimate of drug-likeness (QED) is 0.506. The number of carbonyl (C=O) groups excluding carboxylic acids is 2. The average molecular weight is 421 g/mol. The second-order valence-electron chi connectivity index (χ2n) is 6.77. The summed E-state index contributed by atoms with van der Waals surface area (Å²) in [6, 6.07) is 11.9. The Morgan fingerprint density at radius 3 is 2.80 bits per heavy atom. The van der Waals surface area contributed by atoms with Crippen LogP contribution in [0.25, 0.3) is 10.1 Å². The SMILES string of the molecule is O=C1N[C@@H](c2cccc(F)c2F)c2c(NC(=O)c3csc4ccccc34)ccnc21. The van der Waals surface area contributed by atoms with Gasteiger partial charge in [-0.3, -0.25) is 14.6 Å². The number of fused-ring (bicyclic) bond motifs is 2. The molecule has 0 radical (unpaired) electrons. The third kappa shape index (κ3) is 2.84. The van der Waals surface area contributed by atoms with Gasteiger partial charge >= 0.3 is 0 Å². The van der Waals surface area contributed by atoms with E-state index in [-0.39, 0.29) is 17.2 Å². The lowest BCUT2D eigenvalue weighted by Gasteiger charge is -2.17. The highest BCUT2D eigenvalue weighted by Gasteiger charge is 2.36. The van der Waals surface area contributed by atoms with Crippen LogP contribution in [-0.2, 0) is 0 Å². The van der Waals surface area contributed by atoms with E-state index in [1.807, 2.05) is 24.3 Å². The van der Waals surface area contributed by atoms with Crippen molar-refractivity contribution in [2.75, 3.05) is 5.32 Å². The van der Waals surface area contributed by atoms with Crippen molar-refractivity contribution in [3.8, 4) is 0 Å². The fraction of sp³-hybridized carbons (Fsp3) is 0.0455. The first-order valence-electron chi connectivity index (χ1n) is 9.06. The number of amides is 2. The van der Waals surface area contributed by atoms with E-state index in [0.717, 1.165) is 16.2 Å². The summed E-state index contributed by atoms with van der Waals surface area (Å²) in [5, 5.41) is 8.01. The van der Waals surface area contributed by atoms with Gasteiger partial charge in [-0.15, -0.1) is 11.3 Å². The highest BCUT2D eigenvalue weighted by molar-refractivity contribution is 7.17. The summed E-state index contributed by atoms with van der Waals surface area (Å²) in [6.45, 7) is 0. The lowest BCUT2D eigenvalue weighted by atomic mass is 9.98. The van der Waals surface area contributed by atoms with Gasteiger partial charge in [0, 0.05) is 32.8 Å². The number of rotatable bonds is 3. The van der Waals surface area contributed by atoms with Crippen molar-refractivity contribution in [3.05, 3.63) is 94.1 Å². The first-order chi connectivity index (χ1) is 14.5. The predicted octanol–water partition coefficient (Wildman–Crippen LogP) is 4.66. The third-order valence-corrected chi connectivity index (χ3v) is 6.00. The van der Waals surface area contributed by atoms with Gasteiger partial charge in [0.05, 0.1) is 17.3 Å². The maximum atomic E-state index is 14.4. The number of carbonyl (C=O) groups is 2. The minimum atomic E-state index is -1.05. The molecule has 0 unspecified atom stereocenters. The number of benzene rings is 2. The Balaban J connectivity index is 1.57. The lowest BCUT2D eigenvalue weighted by Crippen LogP contribution is -2.22. The average Bonchev–Trinajstić information content (AvgIpc) is 3.32. The molecule has 5 rings (SSSR count). The van der Waals surface area contributed by atoms with Crippen LogP contribution in [-0.4, -0.2) is 16.8 Å². The minimum absolute atomic E-state index is 0.0356. The number of pyridine rings is 1. The van der Waals surface area contributed by atoms with E-state index >= 15 is 0 Å². The number of nitrogens with one attached hydrogen (secondary N) is 2. The fourth-order valence-corrected chi connectivity index (χ4v) is 4.59. The summed E-state index contributed by atoms with van der Waals surface area (Å²) in [5.74, 6) is -2.95. The molecule has 2 aromatic heterocycles. The van der Waals surface area contributed by atoms with Crippen LogP contribution in [0.1, 0.15) is 38.0 Å². The van der Waals surface area contributed by atoms with Gasteiger partial charge in [0.2, 0.25) is 0 Å². The van der Waals surface area contributed by atoms with Gasteiger partial charge in [0.25, 0.3) is 11.8 Å².